The fourth-order valence-corrected chi connectivity index (χ4v) is 3.82. The van der Waals surface area contributed by atoms with Gasteiger partial charge in [0.2, 0.25) is 0 Å². The van der Waals surface area contributed by atoms with Crippen LogP contribution in [0.25, 0.3) is 11.0 Å². The number of hydrogen-bond donors (Lipinski definition) is 1. The average Bonchev–Trinajstić information content (AvgIpc) is 3.27. The van der Waals surface area contributed by atoms with Gasteiger partial charge in [0.25, 0.3) is 0 Å². The van der Waals surface area contributed by atoms with Crippen LogP contribution in [0.3, 0.4) is 0 Å². The van der Waals surface area contributed by atoms with E-state index < -0.39 is 0 Å². The first-order chi connectivity index (χ1) is 11.7. The minimum atomic E-state index is 0.207. The van der Waals surface area contributed by atoms with Gasteiger partial charge in [0.05, 0.1) is 23.8 Å². The molecule has 1 fully saturated rings. The van der Waals surface area contributed by atoms with E-state index in [0.29, 0.717) is 5.92 Å². The zero-order valence-electron chi connectivity index (χ0n) is 14.1. The predicted octanol–water partition coefficient (Wildman–Crippen LogP) is 1.51. The van der Waals surface area contributed by atoms with E-state index in [1.165, 1.54) is 5.56 Å². The molecule has 1 aromatic carbocycles. The van der Waals surface area contributed by atoms with Gasteiger partial charge in [-0.15, -0.1) is 0 Å². The largest absolute Gasteiger partial charge is 0.396 e. The Morgan fingerprint density at radius 1 is 1.21 bits per heavy atom. The third-order valence-electron chi connectivity index (χ3n) is 5.15. The predicted molar refractivity (Wildman–Crippen MR) is 92.5 cm³/mol. The lowest BCUT2D eigenvalue weighted by Gasteiger charge is -2.15. The van der Waals surface area contributed by atoms with Crippen LogP contribution in [0.1, 0.15) is 17.3 Å². The molecule has 0 unspecified atom stereocenters. The van der Waals surface area contributed by atoms with Crippen molar-refractivity contribution < 1.29 is 5.11 Å². The average molecular weight is 325 g/mol. The van der Waals surface area contributed by atoms with Crippen molar-refractivity contribution in [3.05, 3.63) is 48.0 Å². The van der Waals surface area contributed by atoms with E-state index in [2.05, 4.69) is 39.9 Å². The summed E-state index contributed by atoms with van der Waals surface area (Å²) in [5, 5.41) is 14.1. The van der Waals surface area contributed by atoms with Gasteiger partial charge in [-0.25, -0.2) is 4.98 Å². The molecule has 1 aliphatic rings. The summed E-state index contributed by atoms with van der Waals surface area (Å²) >= 11 is 0. The third-order valence-corrected chi connectivity index (χ3v) is 5.15. The Morgan fingerprint density at radius 3 is 2.75 bits per heavy atom. The number of para-hydroxylation sites is 2. The molecule has 1 saturated heterocycles. The van der Waals surface area contributed by atoms with Crippen molar-refractivity contribution in [3.8, 4) is 0 Å². The van der Waals surface area contributed by atoms with Crippen LogP contribution in [-0.2, 0) is 20.6 Å². The molecule has 3 heterocycles. The van der Waals surface area contributed by atoms with Crippen LogP contribution in [0.5, 0.6) is 0 Å². The molecule has 0 aliphatic carbocycles. The summed E-state index contributed by atoms with van der Waals surface area (Å²) in [7, 11) is 4.01. The summed E-state index contributed by atoms with van der Waals surface area (Å²) in [4.78, 5) is 7.16. The SMILES string of the molecule is Cn1cc([C@@H]2CN(Cc3nc4ccccc4n3C)C[C@H]2CO)cn1. The number of aliphatic hydroxyl groups is 1. The lowest BCUT2D eigenvalue weighted by atomic mass is 9.92. The second-order valence-electron chi connectivity index (χ2n) is 6.77. The molecule has 0 bridgehead atoms. The molecule has 2 atom stereocenters. The fraction of sp³-hybridized carbons (Fsp3) is 0.444. The Labute approximate surface area is 141 Å². The highest BCUT2D eigenvalue weighted by Crippen LogP contribution is 2.33. The standard InChI is InChI=1S/C18H23N5O/c1-21-8-13(7-19-21)15-10-23(9-14(15)12-24)11-18-20-16-5-3-4-6-17(16)22(18)2/h3-8,14-15,24H,9-12H2,1-2H3/t14-,15-/m0/s1. The van der Waals surface area contributed by atoms with Gasteiger partial charge in [-0.05, 0) is 17.7 Å². The zero-order chi connectivity index (χ0) is 16.7. The van der Waals surface area contributed by atoms with Gasteiger partial charge < -0.3 is 9.67 Å². The molecule has 6 heteroatoms. The maximum atomic E-state index is 9.78. The third kappa shape index (κ3) is 2.61. The second kappa shape index (κ2) is 6.03. The molecule has 0 saturated carbocycles. The van der Waals surface area contributed by atoms with Gasteiger partial charge in [-0.1, -0.05) is 12.1 Å². The number of rotatable bonds is 4. The van der Waals surface area contributed by atoms with E-state index in [9.17, 15) is 5.11 Å². The Morgan fingerprint density at radius 2 is 2.04 bits per heavy atom. The number of fused-ring (bicyclic) bond motifs is 1. The first kappa shape index (κ1) is 15.4. The summed E-state index contributed by atoms with van der Waals surface area (Å²) in [6.07, 6.45) is 3.98. The van der Waals surface area contributed by atoms with Gasteiger partial charge in [0, 0.05) is 51.8 Å². The number of hydrogen-bond acceptors (Lipinski definition) is 4. The van der Waals surface area contributed by atoms with Crippen LogP contribution in [0, 0.1) is 5.92 Å². The summed E-state index contributed by atoms with van der Waals surface area (Å²) in [5.74, 6) is 1.65. The van der Waals surface area contributed by atoms with Gasteiger partial charge in [0.15, 0.2) is 0 Å². The van der Waals surface area contributed by atoms with Crippen molar-refractivity contribution in [2.75, 3.05) is 19.7 Å². The molecule has 2 aromatic heterocycles. The van der Waals surface area contributed by atoms with Crippen molar-refractivity contribution in [3.63, 3.8) is 0 Å². The van der Waals surface area contributed by atoms with Crippen molar-refractivity contribution in [1.29, 1.82) is 0 Å². The van der Waals surface area contributed by atoms with E-state index in [1.807, 2.05) is 30.1 Å². The van der Waals surface area contributed by atoms with E-state index in [0.717, 1.165) is 36.5 Å². The monoisotopic (exact) mass is 325 g/mol. The number of aryl methyl sites for hydroxylation is 2. The Bertz CT molecular complexity index is 852. The number of imidazole rings is 1. The van der Waals surface area contributed by atoms with Crippen LogP contribution in [0.4, 0.5) is 0 Å². The normalized spacial score (nSPS) is 21.8. The quantitative estimate of drug-likeness (QED) is 0.790. The van der Waals surface area contributed by atoms with Crippen LogP contribution in [0.2, 0.25) is 0 Å². The minimum absolute atomic E-state index is 0.207. The molecule has 126 valence electrons. The van der Waals surface area contributed by atoms with E-state index in [1.54, 1.807) is 0 Å². The van der Waals surface area contributed by atoms with Crippen LogP contribution < -0.4 is 0 Å². The molecule has 0 radical (unpaired) electrons. The summed E-state index contributed by atoms with van der Waals surface area (Å²) in [5.41, 5.74) is 3.41. The smallest absolute Gasteiger partial charge is 0.123 e. The molecule has 4 rings (SSSR count). The van der Waals surface area contributed by atoms with Crippen LogP contribution in [0.15, 0.2) is 36.7 Å². The first-order valence-corrected chi connectivity index (χ1v) is 8.38. The van der Waals surface area contributed by atoms with E-state index in [4.69, 9.17) is 4.98 Å². The molecular weight excluding hydrogens is 302 g/mol. The van der Waals surface area contributed by atoms with E-state index >= 15 is 0 Å². The molecule has 0 spiro atoms. The number of likely N-dealkylation sites (tertiary alicyclic amines) is 1. The Hall–Kier alpha value is -2.18. The minimum Gasteiger partial charge on any atom is -0.396 e. The molecule has 1 N–H and O–H groups in total. The molecule has 3 aromatic rings. The fourth-order valence-electron chi connectivity index (χ4n) is 3.82. The Balaban J connectivity index is 1.55. The van der Waals surface area contributed by atoms with Crippen molar-refractivity contribution in [2.24, 2.45) is 20.0 Å². The summed E-state index contributed by atoms with van der Waals surface area (Å²) < 4.78 is 4.00. The van der Waals surface area contributed by atoms with Gasteiger partial charge in [-0.2, -0.15) is 5.10 Å². The molecule has 1 aliphatic heterocycles. The molecule has 0 amide bonds. The van der Waals surface area contributed by atoms with Crippen molar-refractivity contribution in [2.45, 2.75) is 12.5 Å². The van der Waals surface area contributed by atoms with Gasteiger partial charge in [-0.3, -0.25) is 9.58 Å². The van der Waals surface area contributed by atoms with Crippen LogP contribution >= 0.6 is 0 Å². The van der Waals surface area contributed by atoms with Crippen molar-refractivity contribution >= 4 is 11.0 Å². The maximum Gasteiger partial charge on any atom is 0.123 e. The van der Waals surface area contributed by atoms with Crippen molar-refractivity contribution in [1.82, 2.24) is 24.2 Å². The number of benzene rings is 1. The van der Waals surface area contributed by atoms with Gasteiger partial charge in [0.1, 0.15) is 5.82 Å². The topological polar surface area (TPSA) is 59.1 Å². The highest BCUT2D eigenvalue weighted by Gasteiger charge is 2.34. The van der Waals surface area contributed by atoms with E-state index in [-0.39, 0.29) is 12.5 Å². The lowest BCUT2D eigenvalue weighted by molar-refractivity contribution is 0.213. The molecular formula is C18H23N5O. The zero-order valence-corrected chi connectivity index (χ0v) is 14.1. The summed E-state index contributed by atoms with van der Waals surface area (Å²) in [6.45, 7) is 2.83. The highest BCUT2D eigenvalue weighted by molar-refractivity contribution is 5.75. The van der Waals surface area contributed by atoms with Crippen LogP contribution in [-0.4, -0.2) is 49.0 Å². The number of aliphatic hydroxyl groups excluding tert-OH is 1. The molecule has 24 heavy (non-hydrogen) atoms. The first-order valence-electron chi connectivity index (χ1n) is 8.38. The Kier molecular flexibility index (Phi) is 3.86. The maximum absolute atomic E-state index is 9.78. The number of nitrogens with zero attached hydrogens (tertiary/aromatic N) is 5. The molecule has 6 nitrogen and oxygen atoms in total. The highest BCUT2D eigenvalue weighted by atomic mass is 16.3. The lowest BCUT2D eigenvalue weighted by Crippen LogP contribution is -2.22. The second-order valence-corrected chi connectivity index (χ2v) is 6.77. The summed E-state index contributed by atoms with van der Waals surface area (Å²) in [6, 6.07) is 8.22. The number of aromatic nitrogens is 4. The van der Waals surface area contributed by atoms with Gasteiger partial charge >= 0.3 is 0 Å².